The molecule has 7 heteroatoms. The van der Waals surface area contributed by atoms with Crippen LogP contribution >= 0.6 is 0 Å². The first-order chi connectivity index (χ1) is 9.94. The maximum atomic E-state index is 12.5. The Balaban J connectivity index is 2.35. The van der Waals surface area contributed by atoms with Gasteiger partial charge in [-0.05, 0) is 43.5 Å². The van der Waals surface area contributed by atoms with Gasteiger partial charge in [0.05, 0.1) is 16.8 Å². The van der Waals surface area contributed by atoms with Crippen LogP contribution in [-0.2, 0) is 10.0 Å². The standard InChI is InChI=1S/C14H20N4O2S/c1-4-5-15-12-6-10(2)14(11(3)7-12)21(19,20)18-13-8-16-17-9-13/h6-9,15,18H,4-5H2,1-3H3,(H,16,17). The van der Waals surface area contributed by atoms with E-state index in [2.05, 4.69) is 27.2 Å². The van der Waals surface area contributed by atoms with Crippen LogP contribution in [0.25, 0.3) is 0 Å². The number of hydrogen-bond acceptors (Lipinski definition) is 4. The number of aromatic amines is 1. The third-order valence-electron chi connectivity index (χ3n) is 3.06. The van der Waals surface area contributed by atoms with E-state index in [9.17, 15) is 8.42 Å². The molecule has 0 aliphatic rings. The smallest absolute Gasteiger partial charge is 0.262 e. The van der Waals surface area contributed by atoms with E-state index in [0.717, 1.165) is 18.7 Å². The molecular formula is C14H20N4O2S. The summed E-state index contributed by atoms with van der Waals surface area (Å²) in [6, 6.07) is 3.71. The topological polar surface area (TPSA) is 86.9 Å². The zero-order chi connectivity index (χ0) is 15.5. The zero-order valence-electron chi connectivity index (χ0n) is 12.4. The van der Waals surface area contributed by atoms with Crippen molar-refractivity contribution in [3.8, 4) is 0 Å². The molecular weight excluding hydrogens is 288 g/mol. The Kier molecular flexibility index (Phi) is 4.52. The first kappa shape index (κ1) is 15.4. The molecule has 0 spiro atoms. The van der Waals surface area contributed by atoms with Crippen LogP contribution in [0, 0.1) is 13.8 Å². The number of anilines is 2. The van der Waals surface area contributed by atoms with Gasteiger partial charge in [0, 0.05) is 18.4 Å². The van der Waals surface area contributed by atoms with Crippen molar-refractivity contribution in [3.63, 3.8) is 0 Å². The van der Waals surface area contributed by atoms with Crippen molar-refractivity contribution in [3.05, 3.63) is 35.7 Å². The number of aromatic nitrogens is 2. The minimum absolute atomic E-state index is 0.311. The fourth-order valence-electron chi connectivity index (χ4n) is 2.26. The third kappa shape index (κ3) is 3.55. The number of H-pyrrole nitrogens is 1. The Morgan fingerprint density at radius 3 is 2.38 bits per heavy atom. The lowest BCUT2D eigenvalue weighted by atomic mass is 10.1. The fourth-order valence-corrected chi connectivity index (χ4v) is 3.75. The summed E-state index contributed by atoms with van der Waals surface area (Å²) < 4.78 is 27.5. The van der Waals surface area contributed by atoms with Crippen molar-refractivity contribution in [2.75, 3.05) is 16.6 Å². The number of nitrogens with one attached hydrogen (secondary N) is 3. The molecule has 3 N–H and O–H groups in total. The monoisotopic (exact) mass is 308 g/mol. The summed E-state index contributed by atoms with van der Waals surface area (Å²) in [6.07, 6.45) is 3.94. The van der Waals surface area contributed by atoms with Crippen molar-refractivity contribution in [1.29, 1.82) is 0 Å². The van der Waals surface area contributed by atoms with Crippen LogP contribution in [0.4, 0.5) is 11.4 Å². The first-order valence-electron chi connectivity index (χ1n) is 6.80. The van der Waals surface area contributed by atoms with Gasteiger partial charge in [-0.25, -0.2) is 8.42 Å². The molecule has 0 fully saturated rings. The summed E-state index contributed by atoms with van der Waals surface area (Å²) in [7, 11) is -3.62. The van der Waals surface area contributed by atoms with Gasteiger partial charge in [-0.15, -0.1) is 0 Å². The summed E-state index contributed by atoms with van der Waals surface area (Å²) in [5.41, 5.74) is 2.78. The molecule has 1 aromatic heterocycles. The van der Waals surface area contributed by atoms with E-state index in [1.54, 1.807) is 13.8 Å². The van der Waals surface area contributed by atoms with Crippen LogP contribution in [0.1, 0.15) is 24.5 Å². The number of benzene rings is 1. The molecule has 1 heterocycles. The van der Waals surface area contributed by atoms with E-state index in [0.29, 0.717) is 21.7 Å². The maximum Gasteiger partial charge on any atom is 0.262 e. The van der Waals surface area contributed by atoms with E-state index in [4.69, 9.17) is 0 Å². The van der Waals surface area contributed by atoms with Gasteiger partial charge in [-0.1, -0.05) is 6.92 Å². The minimum Gasteiger partial charge on any atom is -0.385 e. The molecule has 0 aliphatic carbocycles. The summed E-state index contributed by atoms with van der Waals surface area (Å²) in [4.78, 5) is 0.311. The second-order valence-corrected chi connectivity index (χ2v) is 6.58. The van der Waals surface area contributed by atoms with Gasteiger partial charge < -0.3 is 5.32 Å². The summed E-state index contributed by atoms with van der Waals surface area (Å²) in [6.45, 7) is 6.54. The molecule has 114 valence electrons. The van der Waals surface area contributed by atoms with Crippen molar-refractivity contribution in [1.82, 2.24) is 10.2 Å². The van der Waals surface area contributed by atoms with Crippen LogP contribution in [0.3, 0.4) is 0 Å². The number of nitrogens with zero attached hydrogens (tertiary/aromatic N) is 1. The lowest BCUT2D eigenvalue weighted by Gasteiger charge is -2.14. The van der Waals surface area contributed by atoms with Crippen LogP contribution in [-0.4, -0.2) is 25.2 Å². The second-order valence-electron chi connectivity index (χ2n) is 4.96. The largest absolute Gasteiger partial charge is 0.385 e. The Morgan fingerprint density at radius 2 is 1.86 bits per heavy atom. The van der Waals surface area contributed by atoms with E-state index < -0.39 is 10.0 Å². The Hall–Kier alpha value is -2.02. The SMILES string of the molecule is CCCNc1cc(C)c(S(=O)(=O)Nc2cn[nH]c2)c(C)c1. The highest BCUT2D eigenvalue weighted by Gasteiger charge is 2.20. The molecule has 0 bridgehead atoms. The molecule has 0 radical (unpaired) electrons. The molecule has 0 aliphatic heterocycles. The minimum atomic E-state index is -3.62. The number of aryl methyl sites for hydroxylation is 2. The van der Waals surface area contributed by atoms with Crippen LogP contribution in [0.15, 0.2) is 29.4 Å². The summed E-state index contributed by atoms with van der Waals surface area (Å²) in [5, 5.41) is 9.58. The van der Waals surface area contributed by atoms with Gasteiger partial charge in [0.15, 0.2) is 0 Å². The summed E-state index contributed by atoms with van der Waals surface area (Å²) >= 11 is 0. The summed E-state index contributed by atoms with van der Waals surface area (Å²) in [5.74, 6) is 0. The second kappa shape index (κ2) is 6.17. The lowest BCUT2D eigenvalue weighted by Crippen LogP contribution is -2.16. The van der Waals surface area contributed by atoms with E-state index in [1.807, 2.05) is 12.1 Å². The normalized spacial score (nSPS) is 11.4. The van der Waals surface area contributed by atoms with Crippen LogP contribution in [0.5, 0.6) is 0 Å². The van der Waals surface area contributed by atoms with Gasteiger partial charge in [-0.3, -0.25) is 9.82 Å². The van der Waals surface area contributed by atoms with Gasteiger partial charge in [-0.2, -0.15) is 5.10 Å². The average molecular weight is 308 g/mol. The van der Waals surface area contributed by atoms with Crippen LogP contribution < -0.4 is 10.0 Å². The van der Waals surface area contributed by atoms with Crippen LogP contribution in [0.2, 0.25) is 0 Å². The van der Waals surface area contributed by atoms with E-state index >= 15 is 0 Å². The molecule has 0 atom stereocenters. The average Bonchev–Trinajstić information content (AvgIpc) is 2.87. The highest BCUT2D eigenvalue weighted by Crippen LogP contribution is 2.26. The Morgan fingerprint density at radius 1 is 1.19 bits per heavy atom. The number of sulfonamides is 1. The van der Waals surface area contributed by atoms with E-state index in [-0.39, 0.29) is 0 Å². The number of rotatable bonds is 6. The highest BCUT2D eigenvalue weighted by atomic mass is 32.2. The third-order valence-corrected chi connectivity index (χ3v) is 4.74. The molecule has 0 unspecified atom stereocenters. The van der Waals surface area contributed by atoms with Gasteiger partial charge >= 0.3 is 0 Å². The molecule has 0 saturated carbocycles. The van der Waals surface area contributed by atoms with E-state index in [1.165, 1.54) is 12.4 Å². The van der Waals surface area contributed by atoms with Crippen molar-refractivity contribution in [2.24, 2.45) is 0 Å². The molecule has 2 rings (SSSR count). The predicted molar refractivity (Wildman–Crippen MR) is 84.1 cm³/mol. The molecule has 0 amide bonds. The maximum absolute atomic E-state index is 12.5. The van der Waals surface area contributed by atoms with Crippen molar-refractivity contribution in [2.45, 2.75) is 32.1 Å². The molecule has 6 nitrogen and oxygen atoms in total. The van der Waals surface area contributed by atoms with Gasteiger partial charge in [0.25, 0.3) is 10.0 Å². The Labute approximate surface area is 125 Å². The van der Waals surface area contributed by atoms with Gasteiger partial charge in [0.1, 0.15) is 0 Å². The quantitative estimate of drug-likeness (QED) is 0.765. The number of hydrogen-bond donors (Lipinski definition) is 3. The Bertz CT molecular complexity index is 686. The van der Waals surface area contributed by atoms with Crippen molar-refractivity contribution < 1.29 is 8.42 Å². The fraction of sp³-hybridized carbons (Fsp3) is 0.357. The zero-order valence-corrected chi connectivity index (χ0v) is 13.2. The molecule has 21 heavy (non-hydrogen) atoms. The first-order valence-corrected chi connectivity index (χ1v) is 8.29. The lowest BCUT2D eigenvalue weighted by molar-refractivity contribution is 0.600. The van der Waals surface area contributed by atoms with Crippen molar-refractivity contribution >= 4 is 21.4 Å². The predicted octanol–water partition coefficient (Wildman–Crippen LogP) is 2.65. The highest BCUT2D eigenvalue weighted by molar-refractivity contribution is 7.92. The van der Waals surface area contributed by atoms with Gasteiger partial charge in [0.2, 0.25) is 0 Å². The molecule has 1 aromatic carbocycles. The molecule has 2 aromatic rings. The molecule has 0 saturated heterocycles.